The number of carboxylic acid groups (broad SMARTS) is 1. The minimum Gasteiger partial charge on any atom is -0.478 e. The first-order chi connectivity index (χ1) is 8.23. The van der Waals surface area contributed by atoms with E-state index in [9.17, 15) is 18.0 Å². The summed E-state index contributed by atoms with van der Waals surface area (Å²) in [5, 5.41) is 8.86. The molecule has 1 N–H and O–H groups in total. The molecule has 7 heteroatoms. The maximum atomic E-state index is 12.4. The smallest absolute Gasteiger partial charge is 0.405 e. The van der Waals surface area contributed by atoms with Gasteiger partial charge in [0, 0.05) is 16.7 Å². The van der Waals surface area contributed by atoms with E-state index in [0.29, 0.717) is 4.47 Å². The van der Waals surface area contributed by atoms with Crippen LogP contribution in [0.4, 0.5) is 18.9 Å². The number of rotatable bonds is 4. The topological polar surface area (TPSA) is 40.5 Å². The number of carboxylic acids is 1. The number of alkyl halides is 3. The number of anilines is 1. The van der Waals surface area contributed by atoms with Crippen LogP contribution >= 0.6 is 15.9 Å². The fourth-order valence-corrected chi connectivity index (χ4v) is 1.96. The van der Waals surface area contributed by atoms with Crippen LogP contribution in [0.3, 0.4) is 0 Å². The Bertz CT molecular complexity index is 448. The van der Waals surface area contributed by atoms with E-state index < -0.39 is 18.7 Å². The first-order valence-electron chi connectivity index (χ1n) is 5.08. The highest BCUT2D eigenvalue weighted by atomic mass is 79.9. The van der Waals surface area contributed by atoms with Gasteiger partial charge < -0.3 is 10.0 Å². The summed E-state index contributed by atoms with van der Waals surface area (Å²) < 4.78 is 37.5. The predicted molar refractivity (Wildman–Crippen MR) is 65.0 cm³/mol. The Morgan fingerprint density at radius 1 is 1.39 bits per heavy atom. The van der Waals surface area contributed by atoms with Gasteiger partial charge in [-0.05, 0) is 25.1 Å². The highest BCUT2D eigenvalue weighted by Crippen LogP contribution is 2.26. The summed E-state index contributed by atoms with van der Waals surface area (Å²) in [5.74, 6) is -1.18. The number of hydrogen-bond donors (Lipinski definition) is 1. The van der Waals surface area contributed by atoms with Crippen LogP contribution in [0.1, 0.15) is 17.3 Å². The SMILES string of the molecule is CCN(CC(F)(F)F)c1cc(Br)cc(C(=O)O)c1. The molecule has 0 radical (unpaired) electrons. The molecule has 100 valence electrons. The molecule has 0 aliphatic carbocycles. The minimum atomic E-state index is -4.33. The Morgan fingerprint density at radius 2 is 2.00 bits per heavy atom. The highest BCUT2D eigenvalue weighted by Gasteiger charge is 2.30. The lowest BCUT2D eigenvalue weighted by molar-refractivity contribution is -0.119. The number of halogens is 4. The summed E-state index contributed by atoms with van der Waals surface area (Å²) in [6, 6.07) is 4.03. The van der Waals surface area contributed by atoms with E-state index in [1.165, 1.54) is 18.2 Å². The molecule has 0 aliphatic rings. The van der Waals surface area contributed by atoms with E-state index >= 15 is 0 Å². The first-order valence-corrected chi connectivity index (χ1v) is 5.88. The van der Waals surface area contributed by atoms with Crippen molar-refractivity contribution in [3.05, 3.63) is 28.2 Å². The second-order valence-corrected chi connectivity index (χ2v) is 4.55. The van der Waals surface area contributed by atoms with Crippen molar-refractivity contribution < 1.29 is 23.1 Å². The zero-order valence-corrected chi connectivity index (χ0v) is 11.0. The third-order valence-electron chi connectivity index (χ3n) is 2.25. The second kappa shape index (κ2) is 5.60. The summed E-state index contributed by atoms with van der Waals surface area (Å²) in [6.45, 7) is 0.598. The van der Waals surface area contributed by atoms with Gasteiger partial charge in [-0.15, -0.1) is 0 Å². The molecule has 3 nitrogen and oxygen atoms in total. The number of hydrogen-bond acceptors (Lipinski definition) is 2. The quantitative estimate of drug-likeness (QED) is 0.920. The molecule has 0 saturated carbocycles. The van der Waals surface area contributed by atoms with Gasteiger partial charge in [0.15, 0.2) is 0 Å². The van der Waals surface area contributed by atoms with Gasteiger partial charge in [-0.1, -0.05) is 15.9 Å². The van der Waals surface area contributed by atoms with Crippen LogP contribution in [0.25, 0.3) is 0 Å². The zero-order valence-electron chi connectivity index (χ0n) is 9.46. The molecular weight excluding hydrogens is 315 g/mol. The molecule has 0 bridgehead atoms. The molecule has 1 aromatic rings. The Balaban J connectivity index is 3.09. The highest BCUT2D eigenvalue weighted by molar-refractivity contribution is 9.10. The van der Waals surface area contributed by atoms with E-state index in [1.807, 2.05) is 0 Å². The Kier molecular flexibility index (Phi) is 4.61. The van der Waals surface area contributed by atoms with Crippen LogP contribution in [-0.4, -0.2) is 30.3 Å². The largest absolute Gasteiger partial charge is 0.478 e. The van der Waals surface area contributed by atoms with Crippen LogP contribution in [0, 0.1) is 0 Å². The number of aromatic carboxylic acids is 1. The van der Waals surface area contributed by atoms with E-state index in [-0.39, 0.29) is 17.8 Å². The van der Waals surface area contributed by atoms with Gasteiger partial charge in [-0.3, -0.25) is 0 Å². The van der Waals surface area contributed by atoms with Crippen LogP contribution in [-0.2, 0) is 0 Å². The number of nitrogens with zero attached hydrogens (tertiary/aromatic N) is 1. The molecule has 0 amide bonds. The van der Waals surface area contributed by atoms with E-state index in [1.54, 1.807) is 6.92 Å². The monoisotopic (exact) mass is 325 g/mol. The van der Waals surface area contributed by atoms with Crippen molar-refractivity contribution in [2.24, 2.45) is 0 Å². The van der Waals surface area contributed by atoms with Gasteiger partial charge in [-0.25, -0.2) is 4.79 Å². The standard InChI is InChI=1S/C11H11BrF3NO2/c1-2-16(6-11(13,14)15)9-4-7(10(17)18)3-8(12)5-9/h3-5H,2,6H2,1H3,(H,17,18). The lowest BCUT2D eigenvalue weighted by atomic mass is 10.2. The summed E-state index contributed by atoms with van der Waals surface area (Å²) in [6.07, 6.45) is -4.33. The van der Waals surface area contributed by atoms with Crippen molar-refractivity contribution in [2.75, 3.05) is 18.0 Å². The molecule has 0 saturated heterocycles. The third-order valence-corrected chi connectivity index (χ3v) is 2.70. The van der Waals surface area contributed by atoms with Crippen molar-refractivity contribution >= 4 is 27.6 Å². The normalized spacial score (nSPS) is 11.4. The lowest BCUT2D eigenvalue weighted by Crippen LogP contribution is -2.34. The van der Waals surface area contributed by atoms with Crippen molar-refractivity contribution in [2.45, 2.75) is 13.1 Å². The summed E-state index contributed by atoms with van der Waals surface area (Å²) >= 11 is 3.09. The molecule has 1 rings (SSSR count). The van der Waals surface area contributed by atoms with E-state index in [2.05, 4.69) is 15.9 Å². The van der Waals surface area contributed by atoms with Gasteiger partial charge in [0.25, 0.3) is 0 Å². The first kappa shape index (κ1) is 14.8. The maximum absolute atomic E-state index is 12.4. The third kappa shape index (κ3) is 4.21. The summed E-state index contributed by atoms with van der Waals surface area (Å²) in [5.41, 5.74) is 0.168. The fourth-order valence-electron chi connectivity index (χ4n) is 1.48. The van der Waals surface area contributed by atoms with Gasteiger partial charge >= 0.3 is 12.1 Å². The molecule has 0 fully saturated rings. The molecule has 0 aromatic heterocycles. The van der Waals surface area contributed by atoms with Crippen LogP contribution in [0.2, 0.25) is 0 Å². The molecule has 0 spiro atoms. The molecule has 0 unspecified atom stereocenters. The van der Waals surface area contributed by atoms with E-state index in [0.717, 1.165) is 4.90 Å². The summed E-state index contributed by atoms with van der Waals surface area (Å²) in [7, 11) is 0. The summed E-state index contributed by atoms with van der Waals surface area (Å²) in [4.78, 5) is 11.9. The molecule has 0 atom stereocenters. The molecule has 0 heterocycles. The van der Waals surface area contributed by atoms with Crippen LogP contribution in [0.15, 0.2) is 22.7 Å². The van der Waals surface area contributed by atoms with Gasteiger partial charge in [0.2, 0.25) is 0 Å². The lowest BCUT2D eigenvalue weighted by Gasteiger charge is -2.24. The van der Waals surface area contributed by atoms with Crippen molar-refractivity contribution in [1.82, 2.24) is 0 Å². The fraction of sp³-hybridized carbons (Fsp3) is 0.364. The van der Waals surface area contributed by atoms with Gasteiger partial charge in [-0.2, -0.15) is 13.2 Å². The number of carbonyl (C=O) groups is 1. The average molecular weight is 326 g/mol. The Morgan fingerprint density at radius 3 is 2.44 bits per heavy atom. The zero-order chi connectivity index (χ0) is 13.9. The van der Waals surface area contributed by atoms with Gasteiger partial charge in [0.05, 0.1) is 5.56 Å². The van der Waals surface area contributed by atoms with Crippen LogP contribution < -0.4 is 4.90 Å². The van der Waals surface area contributed by atoms with Gasteiger partial charge in [0.1, 0.15) is 6.54 Å². The molecule has 18 heavy (non-hydrogen) atoms. The second-order valence-electron chi connectivity index (χ2n) is 3.63. The average Bonchev–Trinajstić information content (AvgIpc) is 2.23. The molecule has 1 aromatic carbocycles. The maximum Gasteiger partial charge on any atom is 0.405 e. The van der Waals surface area contributed by atoms with E-state index in [4.69, 9.17) is 5.11 Å². The molecular formula is C11H11BrF3NO2. The van der Waals surface area contributed by atoms with Crippen molar-refractivity contribution in [3.63, 3.8) is 0 Å². The van der Waals surface area contributed by atoms with Crippen molar-refractivity contribution in [3.8, 4) is 0 Å². The minimum absolute atomic E-state index is 0.0556. The Labute approximate surface area is 110 Å². The van der Waals surface area contributed by atoms with Crippen LogP contribution in [0.5, 0.6) is 0 Å². The Hall–Kier alpha value is -1.24. The van der Waals surface area contributed by atoms with Crippen molar-refractivity contribution in [1.29, 1.82) is 0 Å². The number of benzene rings is 1. The predicted octanol–water partition coefficient (Wildman–Crippen LogP) is 3.54. The molecule has 0 aliphatic heterocycles.